The second-order valence-corrected chi connectivity index (χ2v) is 10.2. The van der Waals surface area contributed by atoms with Crippen molar-refractivity contribution in [2.45, 2.75) is 50.6 Å². The molecular weight excluding hydrogens is 517 g/mol. The maximum Gasteiger partial charge on any atom is 0.229 e. The van der Waals surface area contributed by atoms with Gasteiger partial charge in [-0.25, -0.2) is 14.4 Å². The average Bonchev–Trinajstić information content (AvgIpc) is 3.25. The van der Waals surface area contributed by atoms with Gasteiger partial charge >= 0.3 is 0 Å². The van der Waals surface area contributed by atoms with Crippen molar-refractivity contribution in [3.8, 4) is 23.0 Å². The zero-order chi connectivity index (χ0) is 25.9. The summed E-state index contributed by atoms with van der Waals surface area (Å²) in [6.07, 6.45) is 0.604. The summed E-state index contributed by atoms with van der Waals surface area (Å²) in [4.78, 5) is 13.6. The minimum Gasteiger partial charge on any atom is -0.491 e. The van der Waals surface area contributed by atoms with Crippen molar-refractivity contribution in [1.82, 2.24) is 30.5 Å². The van der Waals surface area contributed by atoms with E-state index in [4.69, 9.17) is 21.1 Å². The lowest BCUT2D eigenvalue weighted by atomic mass is 10.1. The van der Waals surface area contributed by atoms with Crippen molar-refractivity contribution >= 4 is 40.3 Å². The van der Waals surface area contributed by atoms with Gasteiger partial charge in [-0.05, 0) is 58.0 Å². The number of nitrogens with zero attached hydrogens (tertiary/aromatic N) is 4. The average molecular weight is 544 g/mol. The zero-order valence-corrected chi connectivity index (χ0v) is 22.2. The van der Waals surface area contributed by atoms with Crippen molar-refractivity contribution in [1.29, 1.82) is 0 Å². The molecule has 0 radical (unpaired) electrons. The molecule has 194 valence electrons. The first kappa shape index (κ1) is 25.5. The van der Waals surface area contributed by atoms with E-state index in [0.717, 1.165) is 10.8 Å². The molecule has 4 aromatic rings. The van der Waals surface area contributed by atoms with E-state index < -0.39 is 12.3 Å². The van der Waals surface area contributed by atoms with Gasteiger partial charge in [-0.3, -0.25) is 5.10 Å². The van der Waals surface area contributed by atoms with E-state index in [1.165, 1.54) is 11.9 Å². The number of ether oxygens (including phenoxy) is 2. The van der Waals surface area contributed by atoms with Crippen LogP contribution in [0.15, 0.2) is 41.6 Å². The zero-order valence-electron chi connectivity index (χ0n) is 20.6. The van der Waals surface area contributed by atoms with Gasteiger partial charge in [-0.2, -0.15) is 10.1 Å². The van der Waals surface area contributed by atoms with E-state index in [-0.39, 0.29) is 12.6 Å². The molecule has 0 bridgehead atoms. The molecule has 3 N–H and O–H groups in total. The third-order valence-electron chi connectivity index (χ3n) is 5.75. The monoisotopic (exact) mass is 543 g/mol. The van der Waals surface area contributed by atoms with Crippen LogP contribution in [-0.2, 0) is 0 Å². The van der Waals surface area contributed by atoms with E-state index in [9.17, 15) is 4.39 Å². The number of benzene rings is 1. The first-order chi connectivity index (χ1) is 17.9. The highest BCUT2D eigenvalue weighted by atomic mass is 35.5. The van der Waals surface area contributed by atoms with Crippen molar-refractivity contribution in [2.75, 3.05) is 17.8 Å². The van der Waals surface area contributed by atoms with Gasteiger partial charge in [0.1, 0.15) is 28.4 Å². The number of hydrogen-bond donors (Lipinski definition) is 3. The summed E-state index contributed by atoms with van der Waals surface area (Å²) in [5, 5.41) is 12.1. The summed E-state index contributed by atoms with van der Waals surface area (Å²) in [7, 11) is 0. The van der Waals surface area contributed by atoms with Crippen molar-refractivity contribution in [3.63, 3.8) is 0 Å². The highest BCUT2D eigenvalue weighted by Crippen LogP contribution is 2.34. The second-order valence-electron chi connectivity index (χ2n) is 8.95. The lowest BCUT2D eigenvalue weighted by molar-refractivity contribution is 0.0707. The largest absolute Gasteiger partial charge is 0.491 e. The number of alkyl halides is 1. The Bertz CT molecular complexity index is 1400. The quantitative estimate of drug-likeness (QED) is 0.253. The molecule has 1 aliphatic heterocycles. The number of pyridine rings is 1. The number of aryl methyl sites for hydroxylation is 1. The van der Waals surface area contributed by atoms with Crippen molar-refractivity contribution in [2.24, 2.45) is 0 Å². The van der Waals surface area contributed by atoms with Gasteiger partial charge in [-0.1, -0.05) is 11.6 Å². The minimum absolute atomic E-state index is 0.0753. The number of H-pyrrole nitrogens is 1. The third-order valence-corrected chi connectivity index (χ3v) is 6.82. The predicted octanol–water partition coefficient (Wildman–Crippen LogP) is 5.36. The van der Waals surface area contributed by atoms with Crippen LogP contribution in [0.5, 0.6) is 11.6 Å². The standard InChI is InChI=1S/C25H27ClFN7O2S/c1-13(2)35-16-6-9-29-21(11-16)37-34-19-5-4-15(10-17(19)26)23-30-24-22(14(3)32-33-24)25(31-23)36-20-7-8-28-12-18(20)27/h4-6,9-11,13,18,20,28,34H,7-8,12H2,1-3H3,(H,30,31,32,33). The van der Waals surface area contributed by atoms with E-state index >= 15 is 0 Å². The van der Waals surface area contributed by atoms with E-state index in [0.29, 0.717) is 57.7 Å². The summed E-state index contributed by atoms with van der Waals surface area (Å²) in [5.41, 5.74) is 2.60. The van der Waals surface area contributed by atoms with Crippen molar-refractivity contribution in [3.05, 3.63) is 47.2 Å². The Morgan fingerprint density at radius 3 is 2.86 bits per heavy atom. The van der Waals surface area contributed by atoms with Gasteiger partial charge in [0, 0.05) is 36.3 Å². The SMILES string of the molecule is Cc1n[nH]c2nc(-c3ccc(NSc4cc(OC(C)C)ccn4)c(Cl)c3)nc(OC3CCNCC3F)c12. The van der Waals surface area contributed by atoms with Crippen LogP contribution in [0.1, 0.15) is 26.0 Å². The van der Waals surface area contributed by atoms with Crippen LogP contribution >= 0.6 is 23.5 Å². The summed E-state index contributed by atoms with van der Waals surface area (Å²) in [6, 6.07) is 9.15. The summed E-state index contributed by atoms with van der Waals surface area (Å²) in [6.45, 7) is 6.72. The van der Waals surface area contributed by atoms with Crippen LogP contribution in [0.3, 0.4) is 0 Å². The normalized spacial score (nSPS) is 17.8. The molecule has 0 amide bonds. The van der Waals surface area contributed by atoms with E-state index in [1.807, 2.05) is 45.0 Å². The Balaban J connectivity index is 1.37. The molecule has 1 aromatic carbocycles. The Labute approximate surface area is 223 Å². The Kier molecular flexibility index (Phi) is 7.63. The maximum absolute atomic E-state index is 14.5. The number of aromatic amines is 1. The molecule has 0 spiro atoms. The fourth-order valence-electron chi connectivity index (χ4n) is 3.96. The number of piperidine rings is 1. The Morgan fingerprint density at radius 2 is 2.08 bits per heavy atom. The van der Waals surface area contributed by atoms with Crippen LogP contribution in [0.25, 0.3) is 22.4 Å². The predicted molar refractivity (Wildman–Crippen MR) is 143 cm³/mol. The van der Waals surface area contributed by atoms with Crippen molar-refractivity contribution < 1.29 is 13.9 Å². The smallest absolute Gasteiger partial charge is 0.229 e. The van der Waals surface area contributed by atoms with Crippen LogP contribution < -0.4 is 19.5 Å². The Morgan fingerprint density at radius 1 is 1.22 bits per heavy atom. The molecule has 4 heterocycles. The van der Waals surface area contributed by atoms with Crippen LogP contribution in [0.4, 0.5) is 10.1 Å². The van der Waals surface area contributed by atoms with Crippen LogP contribution in [-0.4, -0.2) is 56.6 Å². The lowest BCUT2D eigenvalue weighted by Crippen LogP contribution is -2.44. The number of anilines is 1. The molecule has 12 heteroatoms. The molecular formula is C25H27ClFN7O2S. The maximum atomic E-state index is 14.5. The molecule has 3 aromatic heterocycles. The summed E-state index contributed by atoms with van der Waals surface area (Å²) >= 11 is 7.92. The van der Waals surface area contributed by atoms with E-state index in [2.05, 4.69) is 35.2 Å². The number of rotatable bonds is 8. The number of nitrogens with one attached hydrogen (secondary N) is 3. The summed E-state index contributed by atoms with van der Waals surface area (Å²) < 4.78 is 29.5. The molecule has 1 saturated heterocycles. The topological polar surface area (TPSA) is 110 Å². The minimum atomic E-state index is -1.13. The van der Waals surface area contributed by atoms with Gasteiger partial charge < -0.3 is 19.5 Å². The molecule has 1 fully saturated rings. The first-order valence-electron chi connectivity index (χ1n) is 12.0. The number of fused-ring (bicyclic) bond motifs is 1. The molecule has 0 saturated carbocycles. The van der Waals surface area contributed by atoms with Crippen LogP contribution in [0.2, 0.25) is 5.02 Å². The third kappa shape index (κ3) is 5.89. The molecule has 5 rings (SSSR count). The number of aromatic nitrogens is 5. The second kappa shape index (κ2) is 11.1. The highest BCUT2D eigenvalue weighted by Gasteiger charge is 2.28. The van der Waals surface area contributed by atoms with Gasteiger partial charge in [0.05, 0.1) is 22.5 Å². The molecule has 2 unspecified atom stereocenters. The van der Waals surface area contributed by atoms with E-state index in [1.54, 1.807) is 12.3 Å². The molecule has 37 heavy (non-hydrogen) atoms. The fraction of sp³-hybridized carbons (Fsp3) is 0.360. The lowest BCUT2D eigenvalue weighted by Gasteiger charge is -2.27. The van der Waals surface area contributed by atoms with Gasteiger partial charge in [0.15, 0.2) is 11.5 Å². The Hall–Kier alpha value is -3.15. The van der Waals surface area contributed by atoms with Crippen LogP contribution in [0, 0.1) is 6.92 Å². The highest BCUT2D eigenvalue weighted by molar-refractivity contribution is 8.00. The molecule has 0 aliphatic carbocycles. The van der Waals surface area contributed by atoms with Gasteiger partial charge in [0.2, 0.25) is 5.88 Å². The molecule has 2 atom stereocenters. The van der Waals surface area contributed by atoms with Gasteiger partial charge in [-0.15, -0.1) is 0 Å². The fourth-order valence-corrected chi connectivity index (χ4v) is 4.93. The number of halogens is 2. The van der Waals surface area contributed by atoms with Gasteiger partial charge in [0.25, 0.3) is 0 Å². The number of hydrogen-bond acceptors (Lipinski definition) is 9. The first-order valence-corrected chi connectivity index (χ1v) is 13.2. The molecule has 1 aliphatic rings. The molecule has 9 nitrogen and oxygen atoms in total. The summed E-state index contributed by atoms with van der Waals surface area (Å²) in [5.74, 6) is 1.46.